The van der Waals surface area contributed by atoms with E-state index in [0.717, 1.165) is 37.7 Å². The first-order valence-electron chi connectivity index (χ1n) is 12.9. The maximum Gasteiger partial charge on any atom is 0.129 e. The standard InChI is InChI=1S/C29H43N3/c1-6-7-8-9-17-31-18-20-32(21-19-31)27-12-10-11-26(30-27)23-13-14-24-25(22-23)29(4,5)16-15-28(24,2)3/h10-14,22H,6-9,15-21H2,1-5H3. The second-order valence-corrected chi connectivity index (χ2v) is 11.3. The van der Waals surface area contributed by atoms with E-state index in [1.165, 1.54) is 61.8 Å². The molecule has 32 heavy (non-hydrogen) atoms. The molecule has 0 radical (unpaired) electrons. The van der Waals surface area contributed by atoms with Gasteiger partial charge in [-0.3, -0.25) is 4.90 Å². The predicted molar refractivity (Wildman–Crippen MR) is 138 cm³/mol. The molecule has 0 saturated carbocycles. The van der Waals surface area contributed by atoms with Crippen molar-refractivity contribution in [3.8, 4) is 11.3 Å². The van der Waals surface area contributed by atoms with Crippen LogP contribution in [-0.4, -0.2) is 42.6 Å². The largest absolute Gasteiger partial charge is 0.354 e. The van der Waals surface area contributed by atoms with Crippen LogP contribution in [0.5, 0.6) is 0 Å². The van der Waals surface area contributed by atoms with E-state index >= 15 is 0 Å². The number of aromatic nitrogens is 1. The lowest BCUT2D eigenvalue weighted by Gasteiger charge is -2.42. The smallest absolute Gasteiger partial charge is 0.129 e. The van der Waals surface area contributed by atoms with Crippen molar-refractivity contribution in [2.24, 2.45) is 0 Å². The van der Waals surface area contributed by atoms with Crippen molar-refractivity contribution in [1.29, 1.82) is 0 Å². The van der Waals surface area contributed by atoms with E-state index in [0.29, 0.717) is 0 Å². The van der Waals surface area contributed by atoms with Gasteiger partial charge in [0.05, 0.1) is 5.69 Å². The summed E-state index contributed by atoms with van der Waals surface area (Å²) in [6.45, 7) is 17.6. The molecule has 2 aromatic rings. The molecule has 2 aliphatic rings. The molecule has 0 atom stereocenters. The quantitative estimate of drug-likeness (QED) is 0.448. The number of piperazine rings is 1. The van der Waals surface area contributed by atoms with Gasteiger partial charge in [-0.25, -0.2) is 4.98 Å². The van der Waals surface area contributed by atoms with Gasteiger partial charge in [-0.1, -0.05) is 72.1 Å². The van der Waals surface area contributed by atoms with E-state index in [-0.39, 0.29) is 10.8 Å². The number of hydrogen-bond acceptors (Lipinski definition) is 3. The Morgan fingerprint density at radius 1 is 0.812 bits per heavy atom. The maximum absolute atomic E-state index is 5.12. The van der Waals surface area contributed by atoms with Gasteiger partial charge in [0.25, 0.3) is 0 Å². The molecule has 3 nitrogen and oxygen atoms in total. The fraction of sp³-hybridized carbons (Fsp3) is 0.621. The number of nitrogens with zero attached hydrogens (tertiary/aromatic N) is 3. The fourth-order valence-electron chi connectivity index (χ4n) is 5.47. The summed E-state index contributed by atoms with van der Waals surface area (Å²) in [6.07, 6.45) is 7.89. The highest BCUT2D eigenvalue weighted by molar-refractivity contribution is 5.65. The van der Waals surface area contributed by atoms with E-state index in [9.17, 15) is 0 Å². The molecule has 1 aromatic carbocycles. The third kappa shape index (κ3) is 5.03. The van der Waals surface area contributed by atoms with Crippen LogP contribution in [0.4, 0.5) is 5.82 Å². The zero-order valence-electron chi connectivity index (χ0n) is 21.1. The molecule has 1 aliphatic carbocycles. The molecule has 0 unspecified atom stereocenters. The summed E-state index contributed by atoms with van der Waals surface area (Å²) in [4.78, 5) is 10.2. The van der Waals surface area contributed by atoms with Gasteiger partial charge in [-0.05, 0) is 66.0 Å². The Labute approximate surface area is 196 Å². The summed E-state index contributed by atoms with van der Waals surface area (Å²) in [5.74, 6) is 1.13. The minimum absolute atomic E-state index is 0.228. The predicted octanol–water partition coefficient (Wildman–Crippen LogP) is 6.80. The van der Waals surface area contributed by atoms with Crippen LogP contribution in [0.3, 0.4) is 0 Å². The maximum atomic E-state index is 5.12. The van der Waals surface area contributed by atoms with Crippen LogP contribution in [-0.2, 0) is 10.8 Å². The first-order valence-corrected chi connectivity index (χ1v) is 12.9. The molecule has 1 aromatic heterocycles. The lowest BCUT2D eigenvalue weighted by Crippen LogP contribution is -2.46. The van der Waals surface area contributed by atoms with Crippen molar-refractivity contribution in [1.82, 2.24) is 9.88 Å². The Hall–Kier alpha value is -1.87. The second kappa shape index (κ2) is 9.55. The van der Waals surface area contributed by atoms with Crippen LogP contribution in [0.15, 0.2) is 36.4 Å². The van der Waals surface area contributed by atoms with Crippen LogP contribution >= 0.6 is 0 Å². The van der Waals surface area contributed by atoms with Gasteiger partial charge in [0.1, 0.15) is 5.82 Å². The number of fused-ring (bicyclic) bond motifs is 1. The lowest BCUT2D eigenvalue weighted by molar-refractivity contribution is 0.251. The number of rotatable bonds is 7. The lowest BCUT2D eigenvalue weighted by atomic mass is 9.63. The van der Waals surface area contributed by atoms with Crippen molar-refractivity contribution in [3.63, 3.8) is 0 Å². The van der Waals surface area contributed by atoms with Gasteiger partial charge in [-0.15, -0.1) is 0 Å². The number of hydrogen-bond donors (Lipinski definition) is 0. The van der Waals surface area contributed by atoms with Crippen molar-refractivity contribution >= 4 is 5.82 Å². The van der Waals surface area contributed by atoms with Crippen molar-refractivity contribution < 1.29 is 0 Å². The SMILES string of the molecule is CCCCCCN1CCN(c2cccc(-c3ccc4c(c3)C(C)(C)CCC4(C)C)n2)CC1. The van der Waals surface area contributed by atoms with Gasteiger partial charge in [-0.2, -0.15) is 0 Å². The zero-order chi connectivity index (χ0) is 22.8. The minimum Gasteiger partial charge on any atom is -0.354 e. The van der Waals surface area contributed by atoms with Crippen LogP contribution < -0.4 is 4.90 Å². The van der Waals surface area contributed by atoms with Gasteiger partial charge in [0.2, 0.25) is 0 Å². The molecule has 1 aliphatic heterocycles. The van der Waals surface area contributed by atoms with Crippen LogP contribution in [0.1, 0.15) is 84.3 Å². The summed E-state index contributed by atoms with van der Waals surface area (Å²) in [7, 11) is 0. The number of unbranched alkanes of at least 4 members (excludes halogenated alkanes) is 3. The summed E-state index contributed by atoms with van der Waals surface area (Å²) < 4.78 is 0. The van der Waals surface area contributed by atoms with Gasteiger partial charge < -0.3 is 4.90 Å². The minimum atomic E-state index is 0.228. The topological polar surface area (TPSA) is 19.4 Å². The molecule has 174 valence electrons. The van der Waals surface area contributed by atoms with Crippen LogP contribution in [0.25, 0.3) is 11.3 Å². The highest BCUT2D eigenvalue weighted by Crippen LogP contribution is 2.46. The molecule has 0 bridgehead atoms. The summed E-state index contributed by atoms with van der Waals surface area (Å²) >= 11 is 0. The van der Waals surface area contributed by atoms with E-state index in [1.807, 2.05) is 0 Å². The van der Waals surface area contributed by atoms with Crippen molar-refractivity contribution in [3.05, 3.63) is 47.5 Å². The van der Waals surface area contributed by atoms with E-state index in [2.05, 4.69) is 80.8 Å². The molecular weight excluding hydrogens is 390 g/mol. The first kappa shape index (κ1) is 23.3. The van der Waals surface area contributed by atoms with Crippen molar-refractivity contribution in [2.45, 2.75) is 84.0 Å². The Bertz CT molecular complexity index is 906. The van der Waals surface area contributed by atoms with Crippen LogP contribution in [0, 0.1) is 0 Å². The molecule has 0 N–H and O–H groups in total. The monoisotopic (exact) mass is 433 g/mol. The average molecular weight is 434 g/mol. The molecule has 0 spiro atoms. The van der Waals surface area contributed by atoms with Crippen molar-refractivity contribution in [2.75, 3.05) is 37.6 Å². The summed E-state index contributed by atoms with van der Waals surface area (Å²) in [5.41, 5.74) is 5.87. The van der Waals surface area contributed by atoms with Gasteiger partial charge >= 0.3 is 0 Å². The van der Waals surface area contributed by atoms with Crippen LogP contribution in [0.2, 0.25) is 0 Å². The Kier molecular flexibility index (Phi) is 6.95. The molecule has 0 amide bonds. The normalized spacial score (nSPS) is 20.2. The molecule has 1 fully saturated rings. The first-order chi connectivity index (χ1) is 15.3. The van der Waals surface area contributed by atoms with Gasteiger partial charge in [0.15, 0.2) is 0 Å². The number of benzene rings is 1. The fourth-order valence-corrected chi connectivity index (χ4v) is 5.47. The molecule has 2 heterocycles. The number of anilines is 1. The Morgan fingerprint density at radius 3 is 2.25 bits per heavy atom. The number of pyridine rings is 1. The molecule has 4 rings (SSSR count). The van der Waals surface area contributed by atoms with E-state index in [4.69, 9.17) is 4.98 Å². The van der Waals surface area contributed by atoms with E-state index in [1.54, 1.807) is 0 Å². The average Bonchev–Trinajstić information content (AvgIpc) is 2.80. The zero-order valence-corrected chi connectivity index (χ0v) is 21.1. The summed E-state index contributed by atoms with van der Waals surface area (Å²) in [5, 5.41) is 0. The second-order valence-electron chi connectivity index (χ2n) is 11.3. The highest BCUT2D eigenvalue weighted by Gasteiger charge is 2.37. The highest BCUT2D eigenvalue weighted by atomic mass is 15.3. The molecule has 1 saturated heterocycles. The third-order valence-electron chi connectivity index (χ3n) is 7.91. The summed E-state index contributed by atoms with van der Waals surface area (Å²) in [6, 6.07) is 13.6. The Morgan fingerprint density at radius 2 is 1.53 bits per heavy atom. The van der Waals surface area contributed by atoms with Gasteiger partial charge in [0, 0.05) is 31.7 Å². The molecule has 3 heteroatoms. The third-order valence-corrected chi connectivity index (χ3v) is 7.91. The van der Waals surface area contributed by atoms with E-state index < -0.39 is 0 Å². The molecular formula is C29H43N3. The Balaban J connectivity index is 1.47.